The molecule has 1 aromatic rings. The van der Waals surface area contributed by atoms with Crippen LogP contribution in [0.5, 0.6) is 0 Å². The van der Waals surface area contributed by atoms with E-state index in [-0.39, 0.29) is 0 Å². The van der Waals surface area contributed by atoms with Gasteiger partial charge in [0.2, 0.25) is 0 Å². The molecule has 8 heavy (non-hydrogen) atoms. The highest BCUT2D eigenvalue weighted by atomic mass is 15.1. The Kier molecular flexibility index (Phi) is 1.12. The van der Waals surface area contributed by atoms with Crippen LogP contribution < -0.4 is 0 Å². The third-order valence-corrected chi connectivity index (χ3v) is 1.02. The standard InChI is InChI=1S/C5H7N3/c1-4-5(2-6)3-7-8-4/h2-3,6H,1H3,(H,7,8). The van der Waals surface area contributed by atoms with Gasteiger partial charge in [0.25, 0.3) is 0 Å². The zero-order valence-corrected chi connectivity index (χ0v) is 4.60. The summed E-state index contributed by atoms with van der Waals surface area (Å²) in [6.07, 6.45) is 2.90. The third-order valence-electron chi connectivity index (χ3n) is 1.02. The van der Waals surface area contributed by atoms with Gasteiger partial charge in [0, 0.05) is 17.5 Å². The van der Waals surface area contributed by atoms with Crippen LogP contribution in [0.1, 0.15) is 11.3 Å². The number of nitrogens with zero attached hydrogens (tertiary/aromatic N) is 1. The van der Waals surface area contributed by atoms with E-state index in [1.54, 1.807) is 6.20 Å². The van der Waals surface area contributed by atoms with Crippen LogP contribution >= 0.6 is 0 Å². The molecule has 3 nitrogen and oxygen atoms in total. The van der Waals surface area contributed by atoms with Crippen LogP contribution in [0.25, 0.3) is 0 Å². The molecule has 42 valence electrons. The summed E-state index contributed by atoms with van der Waals surface area (Å²) in [4.78, 5) is 0. The second kappa shape index (κ2) is 1.78. The molecule has 0 unspecified atom stereocenters. The highest BCUT2D eigenvalue weighted by molar-refractivity contribution is 5.77. The predicted octanol–water partition coefficient (Wildman–Crippen LogP) is 0.716. The Morgan fingerprint density at radius 2 is 2.62 bits per heavy atom. The minimum atomic E-state index is 0.852. The molecule has 0 aromatic carbocycles. The molecule has 0 amide bonds. The molecule has 0 radical (unpaired) electrons. The molecule has 0 fully saturated rings. The molecule has 0 spiro atoms. The van der Waals surface area contributed by atoms with Crippen molar-refractivity contribution in [1.82, 2.24) is 10.2 Å². The summed E-state index contributed by atoms with van der Waals surface area (Å²) in [6, 6.07) is 0. The average molecular weight is 109 g/mol. The summed E-state index contributed by atoms with van der Waals surface area (Å²) >= 11 is 0. The quantitative estimate of drug-likeness (QED) is 0.513. The van der Waals surface area contributed by atoms with Gasteiger partial charge < -0.3 is 5.41 Å². The first-order chi connectivity index (χ1) is 3.84. The van der Waals surface area contributed by atoms with Crippen molar-refractivity contribution < 1.29 is 0 Å². The molecule has 0 bridgehead atoms. The Morgan fingerprint density at radius 3 is 2.88 bits per heavy atom. The van der Waals surface area contributed by atoms with Gasteiger partial charge in [-0.05, 0) is 6.92 Å². The van der Waals surface area contributed by atoms with Crippen molar-refractivity contribution in [2.45, 2.75) is 6.92 Å². The Morgan fingerprint density at radius 1 is 1.88 bits per heavy atom. The van der Waals surface area contributed by atoms with Crippen molar-refractivity contribution in [3.63, 3.8) is 0 Å². The Labute approximate surface area is 47.2 Å². The van der Waals surface area contributed by atoms with Crippen LogP contribution in [0.2, 0.25) is 0 Å². The third kappa shape index (κ3) is 0.621. The van der Waals surface area contributed by atoms with Crippen LogP contribution in [0.3, 0.4) is 0 Å². The van der Waals surface area contributed by atoms with E-state index in [1.807, 2.05) is 6.92 Å². The molecule has 1 aromatic heterocycles. The van der Waals surface area contributed by atoms with Gasteiger partial charge in [-0.3, -0.25) is 5.10 Å². The number of aromatic amines is 1. The van der Waals surface area contributed by atoms with Gasteiger partial charge in [0.05, 0.1) is 6.20 Å². The summed E-state index contributed by atoms with van der Waals surface area (Å²) < 4.78 is 0. The fourth-order valence-corrected chi connectivity index (χ4v) is 0.506. The number of hydrogen-bond acceptors (Lipinski definition) is 2. The van der Waals surface area contributed by atoms with Crippen molar-refractivity contribution in [1.29, 1.82) is 5.41 Å². The van der Waals surface area contributed by atoms with Crippen LogP contribution in [-0.2, 0) is 0 Å². The van der Waals surface area contributed by atoms with Crippen molar-refractivity contribution in [3.8, 4) is 0 Å². The average Bonchev–Trinajstić information content (AvgIpc) is 2.14. The van der Waals surface area contributed by atoms with Crippen LogP contribution in [-0.4, -0.2) is 16.4 Å². The van der Waals surface area contributed by atoms with Gasteiger partial charge in [-0.25, -0.2) is 0 Å². The van der Waals surface area contributed by atoms with Crippen molar-refractivity contribution in [2.24, 2.45) is 0 Å². The summed E-state index contributed by atoms with van der Waals surface area (Å²) in [7, 11) is 0. The van der Waals surface area contributed by atoms with Gasteiger partial charge in [0.15, 0.2) is 0 Å². The van der Waals surface area contributed by atoms with Crippen LogP contribution in [0.4, 0.5) is 0 Å². The maximum absolute atomic E-state index is 6.82. The number of nitrogens with one attached hydrogen (secondary N) is 2. The lowest BCUT2D eigenvalue weighted by Gasteiger charge is -1.80. The maximum Gasteiger partial charge on any atom is 0.0577 e. The van der Waals surface area contributed by atoms with Crippen LogP contribution in [0.15, 0.2) is 6.20 Å². The number of rotatable bonds is 1. The fraction of sp³-hybridized carbons (Fsp3) is 0.200. The van der Waals surface area contributed by atoms with Gasteiger partial charge in [-0.2, -0.15) is 5.10 Å². The van der Waals surface area contributed by atoms with Gasteiger partial charge in [-0.1, -0.05) is 0 Å². The fourth-order valence-electron chi connectivity index (χ4n) is 0.506. The highest BCUT2D eigenvalue weighted by Gasteiger charge is 1.91. The molecular weight excluding hydrogens is 102 g/mol. The lowest BCUT2D eigenvalue weighted by atomic mass is 10.3. The van der Waals surface area contributed by atoms with Gasteiger partial charge in [-0.15, -0.1) is 0 Å². The number of aromatic nitrogens is 2. The van der Waals surface area contributed by atoms with Crippen molar-refractivity contribution in [2.75, 3.05) is 0 Å². The van der Waals surface area contributed by atoms with Crippen molar-refractivity contribution in [3.05, 3.63) is 17.5 Å². The molecule has 0 atom stereocenters. The largest absolute Gasteiger partial charge is 0.308 e. The lowest BCUT2D eigenvalue weighted by Crippen LogP contribution is -1.77. The van der Waals surface area contributed by atoms with E-state index in [4.69, 9.17) is 5.41 Å². The number of H-pyrrole nitrogens is 1. The first-order valence-electron chi connectivity index (χ1n) is 2.35. The molecular formula is C5H7N3. The Bertz CT molecular complexity index is 189. The minimum absolute atomic E-state index is 0.852. The normalized spacial score (nSPS) is 9.12. The lowest BCUT2D eigenvalue weighted by molar-refractivity contribution is 1.05. The van der Waals surface area contributed by atoms with E-state index in [0.29, 0.717) is 0 Å². The smallest absolute Gasteiger partial charge is 0.0577 e. The minimum Gasteiger partial charge on any atom is -0.308 e. The molecule has 0 aliphatic heterocycles. The van der Waals surface area contributed by atoms with Crippen LogP contribution in [0, 0.1) is 12.3 Å². The molecule has 1 heterocycles. The molecule has 0 saturated carbocycles. The molecule has 0 saturated heterocycles. The van der Waals surface area contributed by atoms with E-state index in [2.05, 4.69) is 10.2 Å². The summed E-state index contributed by atoms with van der Waals surface area (Å²) in [5.41, 5.74) is 1.80. The molecule has 1 rings (SSSR count). The summed E-state index contributed by atoms with van der Waals surface area (Å²) in [5.74, 6) is 0. The zero-order valence-electron chi connectivity index (χ0n) is 4.60. The van der Waals surface area contributed by atoms with E-state index >= 15 is 0 Å². The SMILES string of the molecule is Cc1[nH]ncc1C=N. The Hall–Kier alpha value is -1.12. The van der Waals surface area contributed by atoms with E-state index in [9.17, 15) is 0 Å². The van der Waals surface area contributed by atoms with Gasteiger partial charge in [0.1, 0.15) is 0 Å². The van der Waals surface area contributed by atoms with Gasteiger partial charge >= 0.3 is 0 Å². The summed E-state index contributed by atoms with van der Waals surface area (Å²) in [5, 5.41) is 13.3. The number of hydrogen-bond donors (Lipinski definition) is 2. The molecule has 0 aliphatic rings. The maximum atomic E-state index is 6.82. The van der Waals surface area contributed by atoms with E-state index in [0.717, 1.165) is 11.3 Å². The first-order valence-corrected chi connectivity index (χ1v) is 2.35. The monoisotopic (exact) mass is 109 g/mol. The molecule has 3 heteroatoms. The zero-order chi connectivity index (χ0) is 5.98. The van der Waals surface area contributed by atoms with E-state index in [1.165, 1.54) is 6.21 Å². The second-order valence-corrected chi connectivity index (χ2v) is 1.59. The topological polar surface area (TPSA) is 52.5 Å². The molecule has 2 N–H and O–H groups in total. The first kappa shape index (κ1) is 5.03. The highest BCUT2D eigenvalue weighted by Crippen LogP contribution is 1.95. The number of aryl methyl sites for hydroxylation is 1. The predicted molar refractivity (Wildman–Crippen MR) is 31.2 cm³/mol. The summed E-state index contributed by atoms with van der Waals surface area (Å²) in [6.45, 7) is 1.88. The molecule has 0 aliphatic carbocycles. The van der Waals surface area contributed by atoms with Crippen molar-refractivity contribution >= 4 is 6.21 Å². The Balaban J connectivity index is 3.09. The second-order valence-electron chi connectivity index (χ2n) is 1.59. The van der Waals surface area contributed by atoms with E-state index < -0.39 is 0 Å².